The zero-order valence-corrected chi connectivity index (χ0v) is 25.1. The summed E-state index contributed by atoms with van der Waals surface area (Å²) in [5, 5.41) is 0. The Morgan fingerprint density at radius 1 is 0.413 bits per heavy atom. The summed E-state index contributed by atoms with van der Waals surface area (Å²) in [6.07, 6.45) is 0. The summed E-state index contributed by atoms with van der Waals surface area (Å²) in [4.78, 5) is 16.6. The van der Waals surface area contributed by atoms with Gasteiger partial charge >= 0.3 is 0 Å². The quantitative estimate of drug-likeness (QED) is 0.182. The lowest BCUT2D eigenvalue weighted by atomic mass is 9.88. The fraction of sp³-hybridized carbons (Fsp3) is 0.0238. The summed E-state index contributed by atoms with van der Waals surface area (Å²) in [5.74, 6) is 1.49. The van der Waals surface area contributed by atoms with Crippen molar-refractivity contribution >= 4 is 11.5 Å². The number of amidine groups is 1. The second-order valence-corrected chi connectivity index (χ2v) is 11.2. The minimum Gasteiger partial charge on any atom is -0.288 e. The van der Waals surface area contributed by atoms with E-state index in [2.05, 4.69) is 144 Å². The fourth-order valence-electron chi connectivity index (χ4n) is 6.33. The molecule has 218 valence electrons. The van der Waals surface area contributed by atoms with Crippen molar-refractivity contribution in [1.82, 2.24) is 9.55 Å². The van der Waals surface area contributed by atoms with Crippen LogP contribution < -0.4 is 0 Å². The maximum atomic E-state index is 5.70. The highest BCUT2D eigenvalue weighted by Gasteiger charge is 2.48. The van der Waals surface area contributed by atoms with Crippen LogP contribution >= 0.6 is 0 Å². The molecular weight excluding hydrogens is 560 g/mol. The Balaban J connectivity index is 1.58. The van der Waals surface area contributed by atoms with Gasteiger partial charge in [-0.15, -0.1) is 0 Å². The van der Waals surface area contributed by atoms with E-state index in [1.54, 1.807) is 0 Å². The number of imidazole rings is 1. The van der Waals surface area contributed by atoms with Gasteiger partial charge in [-0.2, -0.15) is 0 Å². The molecule has 1 aliphatic rings. The molecule has 6 aromatic carbocycles. The number of rotatable bonds is 7. The smallest absolute Gasteiger partial charge is 0.209 e. The van der Waals surface area contributed by atoms with Crippen LogP contribution in [0.3, 0.4) is 0 Å². The van der Waals surface area contributed by atoms with Crippen molar-refractivity contribution in [2.24, 2.45) is 9.98 Å². The number of nitrogens with zero attached hydrogens (tertiary/aromatic N) is 4. The van der Waals surface area contributed by atoms with Gasteiger partial charge in [0.1, 0.15) is 11.5 Å². The van der Waals surface area contributed by atoms with Gasteiger partial charge in [0.2, 0.25) is 5.66 Å². The Labute approximate surface area is 268 Å². The van der Waals surface area contributed by atoms with E-state index in [0.29, 0.717) is 5.84 Å². The van der Waals surface area contributed by atoms with Crippen LogP contribution in [0, 0.1) is 0 Å². The molecule has 7 aromatic rings. The molecule has 46 heavy (non-hydrogen) atoms. The van der Waals surface area contributed by atoms with E-state index in [4.69, 9.17) is 15.0 Å². The summed E-state index contributed by atoms with van der Waals surface area (Å²) >= 11 is 0. The van der Waals surface area contributed by atoms with Crippen molar-refractivity contribution in [2.45, 2.75) is 5.66 Å². The Hall–Kier alpha value is -6.13. The third kappa shape index (κ3) is 4.68. The van der Waals surface area contributed by atoms with Gasteiger partial charge in [-0.25, -0.2) is 15.0 Å². The number of hydrogen-bond acceptors (Lipinski definition) is 3. The third-order valence-corrected chi connectivity index (χ3v) is 8.40. The van der Waals surface area contributed by atoms with E-state index < -0.39 is 5.66 Å². The summed E-state index contributed by atoms with van der Waals surface area (Å²) in [6.45, 7) is 0. The van der Waals surface area contributed by atoms with E-state index in [1.807, 2.05) is 42.5 Å². The minimum absolute atomic E-state index is 0.677. The number of hydrogen-bond donors (Lipinski definition) is 0. The van der Waals surface area contributed by atoms with Gasteiger partial charge in [0.25, 0.3) is 0 Å². The number of benzene rings is 6. The van der Waals surface area contributed by atoms with Crippen LogP contribution in [-0.2, 0) is 5.66 Å². The first-order chi connectivity index (χ1) is 22.8. The van der Waals surface area contributed by atoms with Crippen LogP contribution in [0.25, 0.3) is 33.9 Å². The molecule has 1 aromatic heterocycles. The molecule has 0 aliphatic carbocycles. The molecule has 8 rings (SSSR count). The first kappa shape index (κ1) is 27.4. The minimum atomic E-state index is -1.09. The molecule has 0 N–H and O–H groups in total. The highest BCUT2D eigenvalue weighted by Crippen LogP contribution is 2.47. The molecular formula is C42H30N4. The zero-order valence-electron chi connectivity index (χ0n) is 25.1. The van der Waals surface area contributed by atoms with Crippen molar-refractivity contribution in [2.75, 3.05) is 0 Å². The molecule has 1 unspecified atom stereocenters. The van der Waals surface area contributed by atoms with Crippen molar-refractivity contribution in [3.8, 4) is 33.9 Å². The third-order valence-electron chi connectivity index (χ3n) is 8.40. The van der Waals surface area contributed by atoms with E-state index in [0.717, 1.165) is 56.3 Å². The van der Waals surface area contributed by atoms with Crippen LogP contribution in [0.2, 0.25) is 0 Å². The van der Waals surface area contributed by atoms with Crippen molar-refractivity contribution in [1.29, 1.82) is 0 Å². The lowest BCUT2D eigenvalue weighted by molar-refractivity contribution is 0.526. The standard InChI is InChI=1S/C42H30N4/c1-7-19-31(20-8-1)37-38(32-21-9-2-10-22-32)46(41(43-37)35-27-15-5-16-28-35)42(36-29-17-6-18-30-36)39(33-23-11-3-12-24-33)44-40(45-42)34-25-13-4-14-26-34/h1-30H. The van der Waals surface area contributed by atoms with Gasteiger partial charge in [0.15, 0.2) is 5.84 Å². The molecule has 0 amide bonds. The van der Waals surface area contributed by atoms with E-state index >= 15 is 0 Å². The molecule has 4 heteroatoms. The topological polar surface area (TPSA) is 42.5 Å². The fourth-order valence-corrected chi connectivity index (χ4v) is 6.33. The maximum Gasteiger partial charge on any atom is 0.209 e. The van der Waals surface area contributed by atoms with E-state index in [-0.39, 0.29) is 0 Å². The molecule has 1 atom stereocenters. The lowest BCUT2D eigenvalue weighted by Crippen LogP contribution is -2.41. The van der Waals surface area contributed by atoms with Gasteiger partial charge in [-0.3, -0.25) is 4.57 Å². The molecule has 0 saturated carbocycles. The first-order valence-electron chi connectivity index (χ1n) is 15.5. The van der Waals surface area contributed by atoms with Gasteiger partial charge in [0.05, 0.1) is 11.4 Å². The lowest BCUT2D eigenvalue weighted by Gasteiger charge is -2.34. The molecule has 0 fully saturated rings. The summed E-state index contributed by atoms with van der Waals surface area (Å²) in [6, 6.07) is 62.5. The van der Waals surface area contributed by atoms with Crippen LogP contribution in [0.4, 0.5) is 0 Å². The predicted octanol–water partition coefficient (Wildman–Crippen LogP) is 9.53. The normalized spacial score (nSPS) is 15.7. The predicted molar refractivity (Wildman–Crippen MR) is 188 cm³/mol. The number of aliphatic imine (C=N–C) groups is 2. The first-order valence-corrected chi connectivity index (χ1v) is 15.5. The largest absolute Gasteiger partial charge is 0.288 e. The average molecular weight is 591 g/mol. The highest BCUT2D eigenvalue weighted by atomic mass is 15.3. The monoisotopic (exact) mass is 590 g/mol. The zero-order chi connectivity index (χ0) is 30.8. The van der Waals surface area contributed by atoms with Crippen molar-refractivity contribution in [3.05, 3.63) is 199 Å². The molecule has 2 heterocycles. The van der Waals surface area contributed by atoms with Crippen molar-refractivity contribution in [3.63, 3.8) is 0 Å². The van der Waals surface area contributed by atoms with Crippen LogP contribution in [0.15, 0.2) is 192 Å². The Kier molecular flexibility index (Phi) is 7.01. The molecule has 4 nitrogen and oxygen atoms in total. The SMILES string of the molecule is c1ccc(C2=NC(c3ccccc3)(n3c(-c4ccccc4)nc(-c4ccccc4)c3-c3ccccc3)C(c3ccccc3)=N2)cc1. The molecule has 0 spiro atoms. The maximum absolute atomic E-state index is 5.70. The molecule has 0 saturated heterocycles. The van der Waals surface area contributed by atoms with Crippen LogP contribution in [0.5, 0.6) is 0 Å². The second kappa shape index (κ2) is 11.8. The van der Waals surface area contributed by atoms with Crippen molar-refractivity contribution < 1.29 is 0 Å². The Morgan fingerprint density at radius 3 is 1.39 bits per heavy atom. The van der Waals surface area contributed by atoms with Gasteiger partial charge in [-0.05, 0) is 0 Å². The van der Waals surface area contributed by atoms with Crippen LogP contribution in [-0.4, -0.2) is 21.1 Å². The van der Waals surface area contributed by atoms with Gasteiger partial charge in [0, 0.05) is 33.4 Å². The van der Waals surface area contributed by atoms with Gasteiger partial charge in [-0.1, -0.05) is 182 Å². The van der Waals surface area contributed by atoms with E-state index in [1.165, 1.54) is 0 Å². The summed E-state index contributed by atoms with van der Waals surface area (Å²) in [5.41, 5.74) is 7.62. The Bertz CT molecular complexity index is 2150. The van der Waals surface area contributed by atoms with E-state index in [9.17, 15) is 0 Å². The summed E-state index contributed by atoms with van der Waals surface area (Å²) < 4.78 is 2.33. The molecule has 0 bridgehead atoms. The van der Waals surface area contributed by atoms with Gasteiger partial charge < -0.3 is 0 Å². The second-order valence-electron chi connectivity index (χ2n) is 11.2. The molecule has 0 radical (unpaired) electrons. The number of aromatic nitrogens is 2. The average Bonchev–Trinajstić information content (AvgIpc) is 3.75. The highest BCUT2D eigenvalue weighted by molar-refractivity contribution is 6.21. The molecule has 1 aliphatic heterocycles. The Morgan fingerprint density at radius 2 is 0.848 bits per heavy atom. The summed E-state index contributed by atoms with van der Waals surface area (Å²) in [7, 11) is 0. The van der Waals surface area contributed by atoms with Crippen LogP contribution in [0.1, 0.15) is 16.7 Å².